The van der Waals surface area contributed by atoms with Gasteiger partial charge in [-0.1, -0.05) is 0 Å². The second-order valence-corrected chi connectivity index (χ2v) is 10.1. The van der Waals surface area contributed by atoms with Crippen LogP contribution in [0.25, 0.3) is 22.0 Å². The monoisotopic (exact) mass is 506 g/mol. The molecule has 1 amide bonds. The molecule has 0 aliphatic carbocycles. The van der Waals surface area contributed by atoms with Crippen molar-refractivity contribution in [2.75, 3.05) is 26.2 Å². The van der Waals surface area contributed by atoms with Gasteiger partial charge in [0.15, 0.2) is 5.78 Å². The van der Waals surface area contributed by atoms with Crippen molar-refractivity contribution in [1.29, 1.82) is 0 Å². The highest BCUT2D eigenvalue weighted by molar-refractivity contribution is 6.07. The third kappa shape index (κ3) is 5.02. The topological polar surface area (TPSA) is 101 Å². The summed E-state index contributed by atoms with van der Waals surface area (Å²) in [6, 6.07) is 2.96. The minimum Gasteiger partial charge on any atom is -0.331 e. The number of halogens is 1. The van der Waals surface area contributed by atoms with Gasteiger partial charge in [0.05, 0.1) is 11.6 Å². The summed E-state index contributed by atoms with van der Waals surface area (Å²) >= 11 is 0. The van der Waals surface area contributed by atoms with E-state index in [1.54, 1.807) is 36.4 Å². The number of carbonyl (C=O) groups is 3. The molecule has 2 unspecified atom stereocenters. The number of aromatic nitrogens is 4. The molecule has 0 saturated carbocycles. The summed E-state index contributed by atoms with van der Waals surface area (Å²) in [6.07, 6.45) is 7.16. The van der Waals surface area contributed by atoms with Crippen LogP contribution in [-0.4, -0.2) is 79.7 Å². The highest BCUT2D eigenvalue weighted by atomic mass is 19.1. The summed E-state index contributed by atoms with van der Waals surface area (Å²) in [5.74, 6) is 0.307. The molecule has 2 aromatic heterocycles. The van der Waals surface area contributed by atoms with E-state index in [4.69, 9.17) is 0 Å². The highest BCUT2D eigenvalue weighted by Crippen LogP contribution is 2.31. The minimum absolute atomic E-state index is 0.174. The second-order valence-electron chi connectivity index (χ2n) is 10.1. The van der Waals surface area contributed by atoms with Gasteiger partial charge in [0.25, 0.3) is 0 Å². The lowest BCUT2D eigenvalue weighted by molar-refractivity contribution is -0.135. The smallest absolute Gasteiger partial charge is 0.244 e. The van der Waals surface area contributed by atoms with E-state index < -0.39 is 12.7 Å². The van der Waals surface area contributed by atoms with E-state index in [-0.39, 0.29) is 29.8 Å². The fourth-order valence-electron chi connectivity index (χ4n) is 5.64. The number of aryl methyl sites for hydroxylation is 1. The van der Waals surface area contributed by atoms with Gasteiger partial charge in [-0.2, -0.15) is 5.10 Å². The summed E-state index contributed by atoms with van der Waals surface area (Å²) in [5.41, 5.74) is 2.26. The van der Waals surface area contributed by atoms with Crippen molar-refractivity contribution in [3.05, 3.63) is 41.6 Å². The maximum Gasteiger partial charge on any atom is 0.244 e. The number of aldehydes is 1. The number of ketones is 1. The molecule has 2 saturated heterocycles. The summed E-state index contributed by atoms with van der Waals surface area (Å²) in [7, 11) is 0. The second kappa shape index (κ2) is 10.5. The molecule has 2 aliphatic rings. The molecule has 10 heteroatoms. The predicted molar refractivity (Wildman–Crippen MR) is 136 cm³/mol. The van der Waals surface area contributed by atoms with Crippen LogP contribution in [0.5, 0.6) is 0 Å². The fraction of sp³-hybridized carbons (Fsp3) is 0.481. The Morgan fingerprint density at radius 3 is 2.51 bits per heavy atom. The fourth-order valence-corrected chi connectivity index (χ4v) is 5.64. The average molecular weight is 507 g/mol. The van der Waals surface area contributed by atoms with Crippen LogP contribution in [-0.2, 0) is 22.8 Å². The van der Waals surface area contributed by atoms with E-state index in [1.165, 1.54) is 24.4 Å². The van der Waals surface area contributed by atoms with Crippen LogP contribution in [0, 0.1) is 12.8 Å². The van der Waals surface area contributed by atoms with Crippen LogP contribution in [0.15, 0.2) is 24.5 Å². The van der Waals surface area contributed by atoms with E-state index in [0.717, 1.165) is 25.9 Å². The molecule has 194 valence electrons. The molecule has 0 bridgehead atoms. The molecule has 0 spiro atoms. The largest absolute Gasteiger partial charge is 0.331 e. The van der Waals surface area contributed by atoms with Gasteiger partial charge in [-0.3, -0.25) is 14.3 Å². The summed E-state index contributed by atoms with van der Waals surface area (Å²) in [4.78, 5) is 50.1. The number of hydrogen-bond acceptors (Lipinski definition) is 7. The molecule has 2 fully saturated rings. The third-order valence-corrected chi connectivity index (χ3v) is 7.42. The highest BCUT2D eigenvalue weighted by Gasteiger charge is 2.36. The lowest BCUT2D eigenvalue weighted by Gasteiger charge is -2.22. The number of alkyl halides is 1. The van der Waals surface area contributed by atoms with Crippen molar-refractivity contribution in [1.82, 2.24) is 29.5 Å². The van der Waals surface area contributed by atoms with Gasteiger partial charge in [0.2, 0.25) is 5.91 Å². The number of nitrogens with zero attached hydrogens (tertiary/aromatic N) is 6. The Kier molecular flexibility index (Phi) is 7.10. The van der Waals surface area contributed by atoms with Crippen LogP contribution < -0.4 is 0 Å². The van der Waals surface area contributed by atoms with Crippen molar-refractivity contribution < 1.29 is 18.8 Å². The number of Topliss-reactive ketones (excluding diaryl/α,β-unsaturated/α-hetero) is 1. The number of carbonyl (C=O) groups excluding carboxylic acids is 3. The SMILES string of the molecule is CC(=O)c1nn(CC(=O)N2CC(CN3CCCC3)CC2C=O)c2c(CF)cc(-c3cnc(C)nc3)cc12. The number of amides is 1. The number of benzene rings is 1. The van der Waals surface area contributed by atoms with E-state index in [2.05, 4.69) is 20.0 Å². The summed E-state index contributed by atoms with van der Waals surface area (Å²) < 4.78 is 15.7. The van der Waals surface area contributed by atoms with Gasteiger partial charge in [-0.15, -0.1) is 0 Å². The Hall–Kier alpha value is -3.53. The van der Waals surface area contributed by atoms with Crippen molar-refractivity contribution in [2.24, 2.45) is 5.92 Å². The van der Waals surface area contributed by atoms with E-state index in [0.29, 0.717) is 46.4 Å². The molecule has 0 radical (unpaired) electrons. The first-order chi connectivity index (χ1) is 17.9. The molecule has 2 atom stereocenters. The molecular weight excluding hydrogens is 475 g/mol. The normalized spacial score (nSPS) is 20.1. The first-order valence-corrected chi connectivity index (χ1v) is 12.7. The zero-order valence-corrected chi connectivity index (χ0v) is 21.2. The first-order valence-electron chi connectivity index (χ1n) is 12.7. The minimum atomic E-state index is -0.799. The standard InChI is InChI=1S/C27H31FN6O3/c1-17(36)26-24-9-20(22-11-29-18(2)30-12-22)8-21(10-28)27(24)34(31-26)15-25(37)33-14-19(7-23(33)16-35)13-32-5-3-4-6-32/h8-9,11-12,16,19,23H,3-7,10,13-15H2,1-2H3. The molecule has 37 heavy (non-hydrogen) atoms. The molecular formula is C27H31FN6O3. The Morgan fingerprint density at radius 2 is 1.86 bits per heavy atom. The van der Waals surface area contributed by atoms with Crippen LogP contribution >= 0.6 is 0 Å². The number of fused-ring (bicyclic) bond motifs is 1. The Balaban J connectivity index is 1.46. The van der Waals surface area contributed by atoms with Gasteiger partial charge in [0, 0.05) is 48.9 Å². The van der Waals surface area contributed by atoms with Crippen LogP contribution in [0.2, 0.25) is 0 Å². The van der Waals surface area contributed by atoms with Gasteiger partial charge in [0.1, 0.15) is 31.0 Å². The van der Waals surface area contributed by atoms with Gasteiger partial charge in [-0.05, 0) is 62.9 Å². The van der Waals surface area contributed by atoms with Crippen molar-refractivity contribution in [2.45, 2.75) is 52.4 Å². The predicted octanol–water partition coefficient (Wildman–Crippen LogP) is 2.99. The molecule has 1 aromatic carbocycles. The van der Waals surface area contributed by atoms with Crippen LogP contribution in [0.3, 0.4) is 0 Å². The Morgan fingerprint density at radius 1 is 1.14 bits per heavy atom. The zero-order valence-electron chi connectivity index (χ0n) is 21.2. The number of rotatable bonds is 8. The lowest BCUT2D eigenvalue weighted by Crippen LogP contribution is -2.39. The maximum absolute atomic E-state index is 14.3. The van der Waals surface area contributed by atoms with E-state index in [9.17, 15) is 18.8 Å². The summed E-state index contributed by atoms with van der Waals surface area (Å²) in [5, 5.41) is 4.91. The molecule has 5 rings (SSSR count). The summed E-state index contributed by atoms with van der Waals surface area (Å²) in [6.45, 7) is 5.71. The quantitative estimate of drug-likeness (QED) is 0.342. The molecule has 0 N–H and O–H groups in total. The molecule has 3 aromatic rings. The van der Waals surface area contributed by atoms with Crippen molar-refractivity contribution in [3.8, 4) is 11.1 Å². The van der Waals surface area contributed by atoms with E-state index in [1.807, 2.05) is 0 Å². The zero-order chi connectivity index (χ0) is 26.1. The first kappa shape index (κ1) is 25.1. The van der Waals surface area contributed by atoms with Crippen LogP contribution in [0.1, 0.15) is 48.1 Å². The van der Waals surface area contributed by atoms with Gasteiger partial charge in [-0.25, -0.2) is 14.4 Å². The number of hydrogen-bond donors (Lipinski definition) is 0. The van der Waals surface area contributed by atoms with Crippen LogP contribution in [0.4, 0.5) is 4.39 Å². The number of likely N-dealkylation sites (tertiary alicyclic amines) is 2. The van der Waals surface area contributed by atoms with Gasteiger partial charge < -0.3 is 14.6 Å². The van der Waals surface area contributed by atoms with Crippen molar-refractivity contribution in [3.63, 3.8) is 0 Å². The van der Waals surface area contributed by atoms with Crippen molar-refractivity contribution >= 4 is 28.9 Å². The molecule has 9 nitrogen and oxygen atoms in total. The molecule has 2 aliphatic heterocycles. The maximum atomic E-state index is 14.3. The van der Waals surface area contributed by atoms with E-state index >= 15 is 0 Å². The third-order valence-electron chi connectivity index (χ3n) is 7.42. The molecule has 4 heterocycles. The van der Waals surface area contributed by atoms with Gasteiger partial charge >= 0.3 is 0 Å². The Labute approximate surface area is 214 Å². The Bertz CT molecular complexity index is 1330. The average Bonchev–Trinajstić information content (AvgIpc) is 3.63. The lowest BCUT2D eigenvalue weighted by atomic mass is 10.0.